The van der Waals surface area contributed by atoms with Crippen molar-refractivity contribution in [3.05, 3.63) is 46.3 Å². The van der Waals surface area contributed by atoms with Crippen molar-refractivity contribution in [2.45, 2.75) is 6.04 Å². The molecule has 2 N–H and O–H groups in total. The molecule has 1 amide bonds. The molecule has 0 saturated carbocycles. The van der Waals surface area contributed by atoms with Gasteiger partial charge in [0.05, 0.1) is 19.3 Å². The number of thiophene rings is 1. The van der Waals surface area contributed by atoms with E-state index in [-0.39, 0.29) is 11.9 Å². The molecular weight excluding hydrogens is 324 g/mol. The van der Waals surface area contributed by atoms with E-state index in [2.05, 4.69) is 38.0 Å². The van der Waals surface area contributed by atoms with E-state index >= 15 is 0 Å². The van der Waals surface area contributed by atoms with Gasteiger partial charge < -0.3 is 15.4 Å². The van der Waals surface area contributed by atoms with Crippen molar-refractivity contribution in [3.63, 3.8) is 0 Å². The fourth-order valence-corrected chi connectivity index (χ4v) is 3.63. The van der Waals surface area contributed by atoms with Crippen LogP contribution in [-0.4, -0.2) is 55.7 Å². The Morgan fingerprint density at radius 2 is 2.17 bits per heavy atom. The summed E-state index contributed by atoms with van der Waals surface area (Å²) in [5.41, 5.74) is 0.418. The molecule has 24 heavy (non-hydrogen) atoms. The summed E-state index contributed by atoms with van der Waals surface area (Å²) < 4.78 is 5.47. The largest absolute Gasteiger partial charge is 0.379 e. The van der Waals surface area contributed by atoms with Gasteiger partial charge in [0, 0.05) is 31.6 Å². The van der Waals surface area contributed by atoms with Crippen LogP contribution in [0.3, 0.4) is 0 Å². The minimum absolute atomic E-state index is 0.179. The van der Waals surface area contributed by atoms with Crippen molar-refractivity contribution in [1.82, 2.24) is 15.2 Å². The number of amides is 1. The monoisotopic (exact) mass is 346 g/mol. The first-order valence-corrected chi connectivity index (χ1v) is 8.94. The molecule has 2 aromatic rings. The van der Waals surface area contributed by atoms with Crippen molar-refractivity contribution >= 4 is 23.1 Å². The van der Waals surface area contributed by atoms with E-state index in [0.717, 1.165) is 32.8 Å². The van der Waals surface area contributed by atoms with Gasteiger partial charge in [-0.2, -0.15) is 0 Å². The van der Waals surface area contributed by atoms with E-state index in [0.29, 0.717) is 11.5 Å². The normalized spacial score (nSPS) is 16.5. The molecule has 1 fully saturated rings. The van der Waals surface area contributed by atoms with Gasteiger partial charge in [0.25, 0.3) is 5.91 Å². The van der Waals surface area contributed by atoms with Gasteiger partial charge >= 0.3 is 0 Å². The molecule has 0 radical (unpaired) electrons. The standard InChI is InChI=1S/C17H22N4O2S/c1-18-17(22)13-4-2-6-16(20-13)19-12-14(15-5-3-11-24-15)21-7-9-23-10-8-21/h2-6,11,14H,7-10,12H2,1H3,(H,18,22)(H,19,20). The van der Waals surface area contributed by atoms with Crippen LogP contribution >= 0.6 is 11.3 Å². The van der Waals surface area contributed by atoms with Crippen LogP contribution in [0.5, 0.6) is 0 Å². The lowest BCUT2D eigenvalue weighted by Gasteiger charge is -2.34. The fraction of sp³-hybridized carbons (Fsp3) is 0.412. The van der Waals surface area contributed by atoms with Crippen molar-refractivity contribution in [2.24, 2.45) is 0 Å². The molecule has 3 heterocycles. The van der Waals surface area contributed by atoms with Crippen molar-refractivity contribution in [3.8, 4) is 0 Å². The number of hydrogen-bond donors (Lipinski definition) is 2. The minimum Gasteiger partial charge on any atom is -0.379 e. The summed E-state index contributed by atoms with van der Waals surface area (Å²) in [6.45, 7) is 4.13. The molecule has 0 bridgehead atoms. The summed E-state index contributed by atoms with van der Waals surface area (Å²) in [6, 6.07) is 9.97. The number of carbonyl (C=O) groups excluding carboxylic acids is 1. The molecule has 1 unspecified atom stereocenters. The molecule has 1 atom stereocenters. The van der Waals surface area contributed by atoms with Crippen LogP contribution in [0.25, 0.3) is 0 Å². The highest BCUT2D eigenvalue weighted by atomic mass is 32.1. The van der Waals surface area contributed by atoms with Crippen LogP contribution in [-0.2, 0) is 4.74 Å². The zero-order chi connectivity index (χ0) is 16.8. The summed E-state index contributed by atoms with van der Waals surface area (Å²) in [5, 5.41) is 8.08. The molecule has 1 saturated heterocycles. The maximum absolute atomic E-state index is 11.7. The number of carbonyl (C=O) groups is 1. The van der Waals surface area contributed by atoms with Gasteiger partial charge in [0.2, 0.25) is 0 Å². The molecule has 7 heteroatoms. The van der Waals surface area contributed by atoms with Crippen LogP contribution in [0.1, 0.15) is 21.4 Å². The lowest BCUT2D eigenvalue weighted by atomic mass is 10.2. The first-order valence-electron chi connectivity index (χ1n) is 8.06. The molecule has 6 nitrogen and oxygen atoms in total. The third-order valence-electron chi connectivity index (χ3n) is 4.04. The molecule has 3 rings (SSSR count). The lowest BCUT2D eigenvalue weighted by Crippen LogP contribution is -2.41. The van der Waals surface area contributed by atoms with Crippen LogP contribution < -0.4 is 10.6 Å². The van der Waals surface area contributed by atoms with Crippen molar-refractivity contribution in [1.29, 1.82) is 0 Å². The Bertz CT molecular complexity index is 656. The molecule has 1 aliphatic rings. The summed E-state index contributed by atoms with van der Waals surface area (Å²) in [4.78, 5) is 19.9. The second-order valence-corrected chi connectivity index (χ2v) is 6.53. The van der Waals surface area contributed by atoms with E-state index in [4.69, 9.17) is 4.74 Å². The molecule has 128 valence electrons. The number of aromatic nitrogens is 1. The molecule has 0 aliphatic carbocycles. The number of morpholine rings is 1. The molecule has 2 aromatic heterocycles. The predicted molar refractivity (Wildman–Crippen MR) is 95.6 cm³/mol. The van der Waals surface area contributed by atoms with Gasteiger partial charge in [-0.05, 0) is 23.6 Å². The highest BCUT2D eigenvalue weighted by Crippen LogP contribution is 2.26. The number of rotatable bonds is 6. The predicted octanol–water partition coefficient (Wildman–Crippen LogP) is 1.99. The average Bonchev–Trinajstić information content (AvgIpc) is 3.17. The number of nitrogens with zero attached hydrogens (tertiary/aromatic N) is 2. The third-order valence-corrected chi connectivity index (χ3v) is 5.02. The third kappa shape index (κ3) is 4.11. The summed E-state index contributed by atoms with van der Waals surface area (Å²) in [6.07, 6.45) is 0. The number of anilines is 1. The quantitative estimate of drug-likeness (QED) is 0.837. The highest BCUT2D eigenvalue weighted by Gasteiger charge is 2.23. The molecule has 0 aromatic carbocycles. The zero-order valence-electron chi connectivity index (χ0n) is 13.7. The van der Waals surface area contributed by atoms with Crippen LogP contribution in [0.4, 0.5) is 5.82 Å². The minimum atomic E-state index is -0.179. The van der Waals surface area contributed by atoms with Gasteiger partial charge in [-0.1, -0.05) is 12.1 Å². The fourth-order valence-electron chi connectivity index (χ4n) is 2.77. The number of ether oxygens (including phenoxy) is 1. The van der Waals surface area contributed by atoms with E-state index in [9.17, 15) is 4.79 Å². The second kappa shape index (κ2) is 8.23. The maximum Gasteiger partial charge on any atom is 0.269 e. The number of hydrogen-bond acceptors (Lipinski definition) is 6. The van der Waals surface area contributed by atoms with Crippen molar-refractivity contribution < 1.29 is 9.53 Å². The summed E-state index contributed by atoms with van der Waals surface area (Å²) in [7, 11) is 1.61. The van der Waals surface area contributed by atoms with Gasteiger partial charge in [0.15, 0.2) is 0 Å². The number of nitrogens with one attached hydrogen (secondary N) is 2. The Labute approximate surface area is 145 Å². The van der Waals surface area contributed by atoms with E-state index in [1.807, 2.05) is 12.1 Å². The van der Waals surface area contributed by atoms with Gasteiger partial charge in [-0.3, -0.25) is 9.69 Å². The summed E-state index contributed by atoms with van der Waals surface area (Å²) in [5.74, 6) is 0.535. The summed E-state index contributed by atoms with van der Waals surface area (Å²) >= 11 is 1.76. The van der Waals surface area contributed by atoms with Crippen LogP contribution in [0.2, 0.25) is 0 Å². The van der Waals surface area contributed by atoms with Gasteiger partial charge in [-0.25, -0.2) is 4.98 Å². The van der Waals surface area contributed by atoms with Crippen LogP contribution in [0, 0.1) is 0 Å². The zero-order valence-corrected chi connectivity index (χ0v) is 14.5. The van der Waals surface area contributed by atoms with E-state index in [1.54, 1.807) is 24.5 Å². The number of pyridine rings is 1. The lowest BCUT2D eigenvalue weighted by molar-refractivity contribution is 0.0194. The highest BCUT2D eigenvalue weighted by molar-refractivity contribution is 7.10. The molecule has 1 aliphatic heterocycles. The Balaban J connectivity index is 1.70. The van der Waals surface area contributed by atoms with Gasteiger partial charge in [-0.15, -0.1) is 11.3 Å². The second-order valence-electron chi connectivity index (χ2n) is 5.55. The van der Waals surface area contributed by atoms with E-state index < -0.39 is 0 Å². The van der Waals surface area contributed by atoms with Crippen LogP contribution in [0.15, 0.2) is 35.7 Å². The maximum atomic E-state index is 11.7. The SMILES string of the molecule is CNC(=O)c1cccc(NCC(c2cccs2)N2CCOCC2)n1. The first kappa shape index (κ1) is 16.9. The molecular formula is C17H22N4O2S. The van der Waals surface area contributed by atoms with Gasteiger partial charge in [0.1, 0.15) is 11.5 Å². The topological polar surface area (TPSA) is 66.5 Å². The first-order chi connectivity index (χ1) is 11.8. The average molecular weight is 346 g/mol. The smallest absolute Gasteiger partial charge is 0.269 e. The molecule has 0 spiro atoms. The Hall–Kier alpha value is -1.96. The van der Waals surface area contributed by atoms with Crippen molar-refractivity contribution in [2.75, 3.05) is 45.2 Å². The Morgan fingerprint density at radius 1 is 1.33 bits per heavy atom. The Morgan fingerprint density at radius 3 is 2.88 bits per heavy atom. The van der Waals surface area contributed by atoms with E-state index in [1.165, 1.54) is 4.88 Å². The Kier molecular flexibility index (Phi) is 5.79.